The molecule has 42 heavy (non-hydrogen) atoms. The summed E-state index contributed by atoms with van der Waals surface area (Å²) < 4.78 is 0. The summed E-state index contributed by atoms with van der Waals surface area (Å²) in [5.74, 6) is 0. The molecule has 6 aromatic rings. The minimum absolute atomic E-state index is 1.26. The van der Waals surface area contributed by atoms with Crippen molar-refractivity contribution < 1.29 is 0 Å². The summed E-state index contributed by atoms with van der Waals surface area (Å²) >= 11 is 0. The molecule has 0 fully saturated rings. The molecule has 0 aromatic heterocycles. The summed E-state index contributed by atoms with van der Waals surface area (Å²) in [5.41, 5.74) is 5.10. The molecule has 0 aliphatic heterocycles. The zero-order valence-corrected chi connectivity index (χ0v) is 28.3. The van der Waals surface area contributed by atoms with Crippen molar-refractivity contribution >= 4 is 32.3 Å². The summed E-state index contributed by atoms with van der Waals surface area (Å²) in [6.07, 6.45) is 0. The molecule has 0 N–H and O–H groups in total. The maximum Gasteiger partial charge on any atom is -0.00206 e. The summed E-state index contributed by atoms with van der Waals surface area (Å²) in [5, 5.41) is 7.98. The van der Waals surface area contributed by atoms with E-state index in [4.69, 9.17) is 0 Å². The van der Waals surface area contributed by atoms with Crippen LogP contribution in [0.15, 0.2) is 109 Å². The van der Waals surface area contributed by atoms with Crippen molar-refractivity contribution in [2.45, 2.75) is 41.5 Å². The predicted molar refractivity (Wildman–Crippen MR) is 194 cm³/mol. The van der Waals surface area contributed by atoms with Crippen molar-refractivity contribution in [1.29, 1.82) is 0 Å². The molecule has 0 aliphatic carbocycles. The minimum atomic E-state index is 1.26. The fourth-order valence-electron chi connectivity index (χ4n) is 4.49. The Bertz CT molecular complexity index is 1500. The van der Waals surface area contributed by atoms with Crippen LogP contribution in [0.4, 0.5) is 0 Å². The summed E-state index contributed by atoms with van der Waals surface area (Å²) in [6, 6.07) is 39.6. The first kappa shape index (κ1) is 36.3. The van der Waals surface area contributed by atoms with Crippen LogP contribution in [0.2, 0.25) is 0 Å². The Hall–Kier alpha value is -3.72. The number of nitrogens with zero attached hydrogens (tertiary/aromatic N) is 2. The van der Waals surface area contributed by atoms with Crippen LogP contribution in [0.1, 0.15) is 41.5 Å². The highest BCUT2D eigenvalue weighted by Crippen LogP contribution is 2.40. The average molecular weight is 563 g/mol. The van der Waals surface area contributed by atoms with Crippen LogP contribution in [0, 0.1) is 0 Å². The van der Waals surface area contributed by atoms with Gasteiger partial charge in [0.05, 0.1) is 0 Å². The van der Waals surface area contributed by atoms with Crippen LogP contribution < -0.4 is 0 Å². The number of rotatable bonds is 2. The molecular formula is C40H54N2. The molecular weight excluding hydrogens is 508 g/mol. The van der Waals surface area contributed by atoms with Gasteiger partial charge in [0, 0.05) is 0 Å². The van der Waals surface area contributed by atoms with Crippen molar-refractivity contribution in [2.24, 2.45) is 0 Å². The first-order chi connectivity index (χ1) is 20.3. The van der Waals surface area contributed by atoms with E-state index in [1.165, 1.54) is 54.6 Å². The molecule has 6 aromatic carbocycles. The van der Waals surface area contributed by atoms with E-state index < -0.39 is 0 Å². The first-order valence-electron chi connectivity index (χ1n) is 15.4. The van der Waals surface area contributed by atoms with Crippen LogP contribution in [0.3, 0.4) is 0 Å². The molecule has 6 rings (SSSR count). The SMILES string of the molecule is CC.CC.CC.CN(C)C.CN(C)C.c1ccc(-c2cc3ccc4ccc(-c5ccccc5)c5ccc(c2)c3c45)cc1. The van der Waals surface area contributed by atoms with Crippen LogP contribution in [0.5, 0.6) is 0 Å². The third-order valence-corrected chi connectivity index (χ3v) is 5.79. The average Bonchev–Trinajstić information content (AvgIpc) is 3.03. The summed E-state index contributed by atoms with van der Waals surface area (Å²) in [6.45, 7) is 12.0. The van der Waals surface area contributed by atoms with Gasteiger partial charge in [-0.15, -0.1) is 0 Å². The van der Waals surface area contributed by atoms with Gasteiger partial charge in [-0.1, -0.05) is 139 Å². The molecule has 0 heterocycles. The number of hydrogen-bond donors (Lipinski definition) is 0. The van der Waals surface area contributed by atoms with Gasteiger partial charge in [0.25, 0.3) is 0 Å². The highest BCUT2D eigenvalue weighted by molar-refractivity contribution is 6.26. The molecule has 224 valence electrons. The van der Waals surface area contributed by atoms with E-state index >= 15 is 0 Å². The van der Waals surface area contributed by atoms with Crippen molar-refractivity contribution in [3.8, 4) is 22.3 Å². The summed E-state index contributed by atoms with van der Waals surface area (Å²) in [7, 11) is 12.0. The van der Waals surface area contributed by atoms with E-state index in [2.05, 4.69) is 109 Å². The lowest BCUT2D eigenvalue weighted by Crippen LogP contribution is -1.99. The van der Waals surface area contributed by atoms with Crippen LogP contribution in [-0.2, 0) is 0 Å². The predicted octanol–water partition coefficient (Wildman–Crippen LogP) is 11.4. The van der Waals surface area contributed by atoms with E-state index in [9.17, 15) is 0 Å². The van der Waals surface area contributed by atoms with Gasteiger partial charge in [-0.25, -0.2) is 0 Å². The standard InChI is InChI=1S/C28H18.2C3H9N.3C2H6/c1-3-7-19(8-4-1)24-17-22-12-11-21-13-15-25(20-9-5-2-6-10-20)26-16-14-23(18-24)27(22)28(21)26;2*1-4(2)3;3*1-2/h1-18H;2*1-3H3;3*1-2H3. The van der Waals surface area contributed by atoms with Crippen LogP contribution in [0.25, 0.3) is 54.6 Å². The monoisotopic (exact) mass is 562 g/mol. The molecule has 0 atom stereocenters. The number of hydrogen-bond acceptors (Lipinski definition) is 2. The van der Waals surface area contributed by atoms with Crippen LogP contribution >= 0.6 is 0 Å². The van der Waals surface area contributed by atoms with Gasteiger partial charge >= 0.3 is 0 Å². The second kappa shape index (κ2) is 19.4. The molecule has 0 aliphatic rings. The largest absolute Gasteiger partial charge is 0.312 e. The molecule has 0 spiro atoms. The second-order valence-corrected chi connectivity index (χ2v) is 10.1. The quantitative estimate of drug-likeness (QED) is 0.194. The van der Waals surface area contributed by atoms with Crippen molar-refractivity contribution in [3.63, 3.8) is 0 Å². The Morgan fingerprint density at radius 3 is 1.21 bits per heavy atom. The Balaban J connectivity index is 0.000000544. The maximum atomic E-state index is 2.33. The summed E-state index contributed by atoms with van der Waals surface area (Å²) in [4.78, 5) is 4.00. The molecule has 2 heteroatoms. The fourth-order valence-corrected chi connectivity index (χ4v) is 4.49. The van der Waals surface area contributed by atoms with Gasteiger partial charge in [0.1, 0.15) is 0 Å². The Kier molecular flexibility index (Phi) is 16.8. The van der Waals surface area contributed by atoms with Gasteiger partial charge in [-0.3, -0.25) is 0 Å². The van der Waals surface area contributed by atoms with Crippen LogP contribution in [-0.4, -0.2) is 52.1 Å². The minimum Gasteiger partial charge on any atom is -0.312 e. The van der Waals surface area contributed by atoms with E-state index in [0.29, 0.717) is 0 Å². The van der Waals surface area contributed by atoms with Gasteiger partial charge in [0.2, 0.25) is 0 Å². The van der Waals surface area contributed by atoms with Gasteiger partial charge in [0.15, 0.2) is 0 Å². The van der Waals surface area contributed by atoms with E-state index in [1.807, 2.05) is 93.6 Å². The van der Waals surface area contributed by atoms with Gasteiger partial charge < -0.3 is 9.80 Å². The van der Waals surface area contributed by atoms with Crippen molar-refractivity contribution in [3.05, 3.63) is 109 Å². The van der Waals surface area contributed by atoms with Gasteiger partial charge in [-0.05, 0) is 109 Å². The molecule has 0 saturated heterocycles. The molecule has 2 nitrogen and oxygen atoms in total. The molecule has 0 amide bonds. The third kappa shape index (κ3) is 9.98. The Morgan fingerprint density at radius 2 is 0.738 bits per heavy atom. The topological polar surface area (TPSA) is 6.48 Å². The highest BCUT2D eigenvalue weighted by atomic mass is 15.0. The second-order valence-electron chi connectivity index (χ2n) is 10.1. The van der Waals surface area contributed by atoms with Gasteiger partial charge in [-0.2, -0.15) is 0 Å². The highest BCUT2D eigenvalue weighted by Gasteiger charge is 2.13. The lowest BCUT2D eigenvalue weighted by atomic mass is 9.88. The molecule has 0 unspecified atom stereocenters. The Morgan fingerprint density at radius 1 is 0.357 bits per heavy atom. The zero-order valence-electron chi connectivity index (χ0n) is 28.3. The smallest absolute Gasteiger partial charge is 0.00206 e. The van der Waals surface area contributed by atoms with Crippen molar-refractivity contribution in [2.75, 3.05) is 42.3 Å². The normalized spacial score (nSPS) is 9.86. The first-order valence-corrected chi connectivity index (χ1v) is 15.4. The lowest BCUT2D eigenvalue weighted by molar-refractivity contribution is 0.505. The molecule has 0 saturated carbocycles. The maximum absolute atomic E-state index is 2.33. The molecule has 0 bridgehead atoms. The fraction of sp³-hybridized carbons (Fsp3) is 0.300. The number of benzene rings is 6. The van der Waals surface area contributed by atoms with E-state index in [1.54, 1.807) is 0 Å². The Labute approximate surface area is 256 Å². The van der Waals surface area contributed by atoms with E-state index in [0.717, 1.165) is 0 Å². The van der Waals surface area contributed by atoms with E-state index in [-0.39, 0.29) is 0 Å². The lowest BCUT2D eigenvalue weighted by Gasteiger charge is -2.15. The third-order valence-electron chi connectivity index (χ3n) is 5.79. The zero-order chi connectivity index (χ0) is 31.7. The molecule has 0 radical (unpaired) electrons. The van der Waals surface area contributed by atoms with Crippen molar-refractivity contribution in [1.82, 2.24) is 9.80 Å².